The summed E-state index contributed by atoms with van der Waals surface area (Å²) in [4.78, 5) is 0. The molecule has 0 saturated heterocycles. The number of hydrogen-bond donors (Lipinski definition) is 2. The van der Waals surface area contributed by atoms with Crippen LogP contribution >= 0.6 is 11.1 Å². The van der Waals surface area contributed by atoms with E-state index in [0.29, 0.717) is 6.17 Å². The van der Waals surface area contributed by atoms with Crippen LogP contribution in [0.3, 0.4) is 0 Å². The highest BCUT2D eigenvalue weighted by molar-refractivity contribution is 7.14. The van der Waals surface area contributed by atoms with Gasteiger partial charge in [0.15, 0.2) is 8.11 Å². The van der Waals surface area contributed by atoms with Crippen LogP contribution in [-0.2, 0) is 0 Å². The summed E-state index contributed by atoms with van der Waals surface area (Å²) < 4.78 is 0. The molecule has 1 atom stereocenters. The monoisotopic (exact) mass is 188 g/mol. The van der Waals surface area contributed by atoms with E-state index in [1.54, 1.807) is 0 Å². The van der Waals surface area contributed by atoms with E-state index in [0.717, 1.165) is 0 Å². The van der Waals surface area contributed by atoms with Gasteiger partial charge in [-0.3, -0.25) is 0 Å². The minimum atomic E-state index is -1.29. The van der Waals surface area contributed by atoms with Crippen LogP contribution in [0.4, 0.5) is 0 Å². The van der Waals surface area contributed by atoms with Gasteiger partial charge in [-0.05, 0) is 5.19 Å². The van der Waals surface area contributed by atoms with Gasteiger partial charge >= 0.3 is 0 Å². The van der Waals surface area contributed by atoms with Crippen molar-refractivity contribution < 1.29 is 0 Å². The average Bonchev–Trinajstić information content (AvgIpc) is 2.05. The minimum Gasteiger partial charge on any atom is -0.344 e. The smallest absolute Gasteiger partial charge is 0.184 e. The summed E-state index contributed by atoms with van der Waals surface area (Å²) in [7, 11) is -1.29. The second kappa shape index (κ2) is 5.32. The summed E-state index contributed by atoms with van der Waals surface area (Å²) in [5.41, 5.74) is 5.43. The first-order valence-electron chi connectivity index (χ1n) is 3.23. The third kappa shape index (κ3) is 3.03. The highest BCUT2D eigenvalue weighted by Crippen LogP contribution is 1.90. The molecule has 0 spiro atoms. The third-order valence-corrected chi connectivity index (χ3v) is 4.18. The second-order valence-electron chi connectivity index (χ2n) is 2.11. The molecular weight excluding hydrogens is 176 g/mol. The van der Waals surface area contributed by atoms with Crippen molar-refractivity contribution in [2.45, 2.75) is 0 Å². The van der Waals surface area contributed by atoms with E-state index in [9.17, 15) is 0 Å². The zero-order valence-electron chi connectivity index (χ0n) is 6.33. The lowest BCUT2D eigenvalue weighted by molar-refractivity contribution is 1.36. The van der Waals surface area contributed by atoms with Crippen LogP contribution in [0.1, 0.15) is 0 Å². The molecule has 1 aromatic rings. The van der Waals surface area contributed by atoms with Crippen molar-refractivity contribution in [2.24, 2.45) is 5.73 Å². The predicted octanol–water partition coefficient (Wildman–Crippen LogP) is 0.516. The van der Waals surface area contributed by atoms with Gasteiger partial charge in [-0.25, -0.2) is 0 Å². The quantitative estimate of drug-likeness (QED) is 0.525. The molecule has 0 aliphatic rings. The maximum atomic E-state index is 6.00. The van der Waals surface area contributed by atoms with Gasteiger partial charge in [-0.2, -0.15) is 11.1 Å². The van der Waals surface area contributed by atoms with E-state index in [-0.39, 0.29) is 6.15 Å². The second-order valence-corrected chi connectivity index (χ2v) is 5.77. The normalized spacial score (nSPS) is 11.8. The molecule has 0 bridgehead atoms. The molecule has 11 heavy (non-hydrogen) atoms. The summed E-state index contributed by atoms with van der Waals surface area (Å²) in [6, 6.07) is 10.0. The Morgan fingerprint density at radius 3 is 2.27 bits per heavy atom. The van der Waals surface area contributed by atoms with Gasteiger partial charge in [0.2, 0.25) is 0 Å². The molecule has 4 heteroatoms. The Hall–Kier alpha value is -0.353. The van der Waals surface area contributed by atoms with Crippen molar-refractivity contribution in [2.75, 3.05) is 6.17 Å². The molecule has 1 rings (SSSR count). The Bertz CT molecular complexity index is 193. The van der Waals surface area contributed by atoms with Crippen molar-refractivity contribution in [3.8, 4) is 0 Å². The largest absolute Gasteiger partial charge is 0.344 e. The van der Waals surface area contributed by atoms with Gasteiger partial charge in [0.25, 0.3) is 0 Å². The van der Waals surface area contributed by atoms with Crippen molar-refractivity contribution in [1.82, 2.24) is 6.15 Å². The van der Waals surface area contributed by atoms with E-state index in [1.807, 2.05) is 30.3 Å². The van der Waals surface area contributed by atoms with Crippen LogP contribution in [0.25, 0.3) is 0 Å². The van der Waals surface area contributed by atoms with Gasteiger partial charge in [-0.1, -0.05) is 30.3 Å². The highest BCUT2D eigenvalue weighted by atomic mass is 35.6. The highest BCUT2D eigenvalue weighted by Gasteiger charge is 2.04. The van der Waals surface area contributed by atoms with Crippen LogP contribution in [0, 0.1) is 0 Å². The summed E-state index contributed by atoms with van der Waals surface area (Å²) in [5, 5.41) is 1.23. The van der Waals surface area contributed by atoms with Gasteiger partial charge in [-0.15, -0.1) is 0 Å². The lowest BCUT2D eigenvalue weighted by atomic mass is 10.4. The first-order chi connectivity index (χ1) is 4.84. The molecule has 0 heterocycles. The van der Waals surface area contributed by atoms with Crippen LogP contribution in [0.5, 0.6) is 0 Å². The van der Waals surface area contributed by atoms with E-state index in [2.05, 4.69) is 0 Å². The lowest BCUT2D eigenvalue weighted by Gasteiger charge is -2.02. The van der Waals surface area contributed by atoms with Gasteiger partial charge in [0.1, 0.15) is 0 Å². The Balaban J connectivity index is 0.000001000. The zero-order valence-corrected chi connectivity index (χ0v) is 8.24. The maximum absolute atomic E-state index is 6.00. The maximum Gasteiger partial charge on any atom is 0.184 e. The first-order valence-corrected chi connectivity index (χ1v) is 6.37. The number of hydrogen-bond acceptors (Lipinski definition) is 2. The van der Waals surface area contributed by atoms with E-state index >= 15 is 0 Å². The van der Waals surface area contributed by atoms with E-state index in [1.165, 1.54) is 5.19 Å². The Kier molecular flexibility index (Phi) is 5.15. The third-order valence-electron chi connectivity index (χ3n) is 1.37. The molecule has 0 amide bonds. The molecule has 5 N–H and O–H groups in total. The number of nitrogens with two attached hydrogens (primary N) is 1. The molecule has 0 aliphatic heterocycles. The fourth-order valence-electron chi connectivity index (χ4n) is 0.798. The molecule has 1 unspecified atom stereocenters. The molecule has 0 saturated carbocycles. The first kappa shape index (κ1) is 10.6. The fraction of sp³-hybridized carbons (Fsp3) is 0.143. The molecule has 0 radical (unpaired) electrons. The molecule has 0 aromatic heterocycles. The van der Waals surface area contributed by atoms with Crippen LogP contribution in [0.2, 0.25) is 0 Å². The number of rotatable bonds is 2. The molecule has 62 valence electrons. The minimum absolute atomic E-state index is 0. The van der Waals surface area contributed by atoms with Gasteiger partial charge in [0, 0.05) is 6.17 Å². The lowest BCUT2D eigenvalue weighted by Crippen LogP contribution is -2.32. The topological polar surface area (TPSA) is 61.0 Å². The Morgan fingerprint density at radius 1 is 1.27 bits per heavy atom. The van der Waals surface area contributed by atoms with Crippen molar-refractivity contribution >= 4 is 24.4 Å². The Labute approximate surface area is 73.3 Å². The fourth-order valence-corrected chi connectivity index (χ4v) is 2.15. The summed E-state index contributed by atoms with van der Waals surface area (Å²) in [6.07, 6.45) is 0.631. The predicted molar refractivity (Wildman–Crippen MR) is 53.2 cm³/mol. The van der Waals surface area contributed by atoms with Crippen LogP contribution in [0.15, 0.2) is 30.3 Å². The molecule has 2 nitrogen and oxygen atoms in total. The van der Waals surface area contributed by atoms with E-state index < -0.39 is 8.11 Å². The average molecular weight is 189 g/mol. The number of halogens is 1. The van der Waals surface area contributed by atoms with Crippen molar-refractivity contribution in [3.05, 3.63) is 30.3 Å². The van der Waals surface area contributed by atoms with E-state index in [4.69, 9.17) is 16.8 Å². The Morgan fingerprint density at radius 2 is 1.82 bits per heavy atom. The zero-order chi connectivity index (χ0) is 7.40. The molecule has 0 fully saturated rings. The summed E-state index contributed by atoms with van der Waals surface area (Å²) >= 11 is 6.00. The van der Waals surface area contributed by atoms with Crippen molar-refractivity contribution in [3.63, 3.8) is 0 Å². The summed E-state index contributed by atoms with van der Waals surface area (Å²) in [6.45, 7) is 0. The van der Waals surface area contributed by atoms with Gasteiger partial charge < -0.3 is 11.9 Å². The number of benzene rings is 1. The van der Waals surface area contributed by atoms with Crippen molar-refractivity contribution in [1.29, 1.82) is 0 Å². The SMILES string of the molecule is N.NC[SiH](Cl)c1ccccc1. The summed E-state index contributed by atoms with van der Waals surface area (Å²) in [5.74, 6) is 0. The molecule has 1 aromatic carbocycles. The molecular formula is C7H13ClN2Si. The molecule has 0 aliphatic carbocycles. The standard InChI is InChI=1S/C7H10ClNSi.H3N/c8-10(6-9)7-4-2-1-3-5-7;/h1-5,10H,6,9H2;1H3. The van der Waals surface area contributed by atoms with Crippen LogP contribution < -0.4 is 17.1 Å². The van der Waals surface area contributed by atoms with Crippen LogP contribution in [-0.4, -0.2) is 14.3 Å². The van der Waals surface area contributed by atoms with Gasteiger partial charge in [0.05, 0.1) is 0 Å².